The molecule has 0 atom stereocenters. The van der Waals surface area contributed by atoms with E-state index in [0.717, 1.165) is 45.2 Å². The Hall–Kier alpha value is -1.06. The van der Waals surface area contributed by atoms with Gasteiger partial charge in [-0.15, -0.1) is 0 Å². The number of hydrogen-bond donors (Lipinski definition) is 0. The molecule has 3 nitrogen and oxygen atoms in total. The molecular formula is C17H27NO2. The molecule has 0 radical (unpaired) electrons. The minimum Gasteiger partial charge on any atom is -0.492 e. The standard InChI is InChI=1S/C17H27NO2/c1-13(2)16-12-17(15(4)11-14(16)3)20-10-7-18-5-8-19-9-6-18/h11-13H,5-10H2,1-4H3. The zero-order chi connectivity index (χ0) is 14.5. The molecule has 0 amide bonds. The zero-order valence-corrected chi connectivity index (χ0v) is 13.2. The number of hydrogen-bond acceptors (Lipinski definition) is 3. The summed E-state index contributed by atoms with van der Waals surface area (Å²) in [5.74, 6) is 1.57. The fourth-order valence-corrected chi connectivity index (χ4v) is 2.74. The molecule has 0 bridgehead atoms. The molecular weight excluding hydrogens is 250 g/mol. The first kappa shape index (κ1) is 15.3. The Bertz CT molecular complexity index is 437. The van der Waals surface area contributed by atoms with Crippen molar-refractivity contribution in [3.8, 4) is 5.75 Å². The lowest BCUT2D eigenvalue weighted by atomic mass is 9.96. The van der Waals surface area contributed by atoms with Crippen molar-refractivity contribution < 1.29 is 9.47 Å². The van der Waals surface area contributed by atoms with Gasteiger partial charge in [-0.2, -0.15) is 0 Å². The normalized spacial score (nSPS) is 16.6. The molecule has 3 heteroatoms. The molecule has 0 aliphatic carbocycles. The van der Waals surface area contributed by atoms with E-state index in [1.165, 1.54) is 16.7 Å². The summed E-state index contributed by atoms with van der Waals surface area (Å²) in [6.07, 6.45) is 0. The number of benzene rings is 1. The van der Waals surface area contributed by atoms with E-state index in [-0.39, 0.29) is 0 Å². The van der Waals surface area contributed by atoms with Gasteiger partial charge in [0.25, 0.3) is 0 Å². The highest BCUT2D eigenvalue weighted by atomic mass is 16.5. The Morgan fingerprint density at radius 3 is 2.50 bits per heavy atom. The first-order chi connectivity index (χ1) is 9.58. The second-order valence-corrected chi connectivity index (χ2v) is 5.93. The Morgan fingerprint density at radius 1 is 1.15 bits per heavy atom. The molecule has 0 saturated carbocycles. The van der Waals surface area contributed by atoms with Gasteiger partial charge in [-0.3, -0.25) is 4.90 Å². The van der Waals surface area contributed by atoms with Gasteiger partial charge >= 0.3 is 0 Å². The Kier molecular flexibility index (Phi) is 5.44. The van der Waals surface area contributed by atoms with Crippen LogP contribution in [0.25, 0.3) is 0 Å². The van der Waals surface area contributed by atoms with Gasteiger partial charge < -0.3 is 9.47 Å². The van der Waals surface area contributed by atoms with Gasteiger partial charge in [-0.1, -0.05) is 19.9 Å². The summed E-state index contributed by atoms with van der Waals surface area (Å²) in [6, 6.07) is 4.45. The average molecular weight is 277 g/mol. The number of morpholine rings is 1. The first-order valence-electron chi connectivity index (χ1n) is 7.62. The number of rotatable bonds is 5. The molecule has 2 rings (SSSR count). The molecule has 112 valence electrons. The highest BCUT2D eigenvalue weighted by molar-refractivity contribution is 5.42. The Morgan fingerprint density at radius 2 is 1.85 bits per heavy atom. The molecule has 1 heterocycles. The molecule has 1 aromatic carbocycles. The van der Waals surface area contributed by atoms with E-state index in [4.69, 9.17) is 9.47 Å². The van der Waals surface area contributed by atoms with Crippen molar-refractivity contribution in [1.29, 1.82) is 0 Å². The molecule has 1 fully saturated rings. The maximum Gasteiger partial charge on any atom is 0.122 e. The first-order valence-corrected chi connectivity index (χ1v) is 7.62. The van der Waals surface area contributed by atoms with Gasteiger partial charge in [0.05, 0.1) is 13.2 Å². The molecule has 0 N–H and O–H groups in total. The molecule has 20 heavy (non-hydrogen) atoms. The summed E-state index contributed by atoms with van der Waals surface area (Å²) in [5.41, 5.74) is 3.98. The molecule has 0 unspecified atom stereocenters. The van der Waals surface area contributed by atoms with Crippen LogP contribution < -0.4 is 4.74 Å². The fraction of sp³-hybridized carbons (Fsp3) is 0.647. The van der Waals surface area contributed by atoms with Crippen LogP contribution in [0.2, 0.25) is 0 Å². The summed E-state index contributed by atoms with van der Waals surface area (Å²) >= 11 is 0. The van der Waals surface area contributed by atoms with Crippen LogP contribution in [0.4, 0.5) is 0 Å². The lowest BCUT2D eigenvalue weighted by Gasteiger charge is -2.26. The summed E-state index contributed by atoms with van der Waals surface area (Å²) in [5, 5.41) is 0. The van der Waals surface area contributed by atoms with Gasteiger partial charge in [-0.25, -0.2) is 0 Å². The molecule has 1 aliphatic heterocycles. The average Bonchev–Trinajstić information content (AvgIpc) is 2.42. The molecule has 1 aliphatic rings. The number of nitrogens with zero attached hydrogens (tertiary/aromatic N) is 1. The largest absolute Gasteiger partial charge is 0.492 e. The van der Waals surface area contributed by atoms with Gasteiger partial charge in [0.2, 0.25) is 0 Å². The minimum absolute atomic E-state index is 0.539. The lowest BCUT2D eigenvalue weighted by molar-refractivity contribution is 0.0322. The van der Waals surface area contributed by atoms with Crippen LogP contribution in [-0.4, -0.2) is 44.4 Å². The lowest BCUT2D eigenvalue weighted by Crippen LogP contribution is -2.38. The minimum atomic E-state index is 0.539. The summed E-state index contributed by atoms with van der Waals surface area (Å²) < 4.78 is 11.4. The molecule has 0 aromatic heterocycles. The van der Waals surface area contributed by atoms with E-state index in [9.17, 15) is 0 Å². The zero-order valence-electron chi connectivity index (χ0n) is 13.2. The number of aryl methyl sites for hydroxylation is 2. The van der Waals surface area contributed by atoms with Crippen LogP contribution >= 0.6 is 0 Å². The van der Waals surface area contributed by atoms with Crippen molar-refractivity contribution >= 4 is 0 Å². The van der Waals surface area contributed by atoms with Crippen molar-refractivity contribution in [1.82, 2.24) is 4.90 Å². The maximum absolute atomic E-state index is 6.00. The topological polar surface area (TPSA) is 21.7 Å². The van der Waals surface area contributed by atoms with Crippen LogP contribution in [0.15, 0.2) is 12.1 Å². The third-order valence-electron chi connectivity index (χ3n) is 3.95. The van der Waals surface area contributed by atoms with Crippen molar-refractivity contribution in [3.63, 3.8) is 0 Å². The molecule has 1 aromatic rings. The predicted octanol–water partition coefficient (Wildman–Crippen LogP) is 3.14. The van der Waals surface area contributed by atoms with E-state index >= 15 is 0 Å². The quantitative estimate of drug-likeness (QED) is 0.825. The van der Waals surface area contributed by atoms with E-state index in [2.05, 4.69) is 44.7 Å². The van der Waals surface area contributed by atoms with Crippen LogP contribution in [0.3, 0.4) is 0 Å². The number of ether oxygens (including phenoxy) is 2. The Balaban J connectivity index is 1.93. The van der Waals surface area contributed by atoms with Gasteiger partial charge in [0.15, 0.2) is 0 Å². The SMILES string of the molecule is Cc1cc(C)c(C(C)C)cc1OCCN1CCOCC1. The molecule has 1 saturated heterocycles. The van der Waals surface area contributed by atoms with Gasteiger partial charge in [0, 0.05) is 19.6 Å². The van der Waals surface area contributed by atoms with Crippen LogP contribution in [0, 0.1) is 13.8 Å². The van der Waals surface area contributed by atoms with Gasteiger partial charge in [-0.05, 0) is 42.5 Å². The van der Waals surface area contributed by atoms with Crippen molar-refractivity contribution in [2.75, 3.05) is 39.5 Å². The van der Waals surface area contributed by atoms with E-state index in [1.807, 2.05) is 0 Å². The van der Waals surface area contributed by atoms with Gasteiger partial charge in [0.1, 0.15) is 12.4 Å². The maximum atomic E-state index is 6.00. The molecule has 0 spiro atoms. The highest BCUT2D eigenvalue weighted by Crippen LogP contribution is 2.27. The van der Waals surface area contributed by atoms with Crippen molar-refractivity contribution in [2.45, 2.75) is 33.6 Å². The third-order valence-corrected chi connectivity index (χ3v) is 3.95. The van der Waals surface area contributed by atoms with Crippen LogP contribution in [0.1, 0.15) is 36.5 Å². The van der Waals surface area contributed by atoms with E-state index in [0.29, 0.717) is 5.92 Å². The summed E-state index contributed by atoms with van der Waals surface area (Å²) in [6.45, 7) is 14.2. The van der Waals surface area contributed by atoms with Crippen molar-refractivity contribution in [2.24, 2.45) is 0 Å². The fourth-order valence-electron chi connectivity index (χ4n) is 2.74. The third kappa shape index (κ3) is 3.97. The van der Waals surface area contributed by atoms with Crippen LogP contribution in [0.5, 0.6) is 5.75 Å². The monoisotopic (exact) mass is 277 g/mol. The highest BCUT2D eigenvalue weighted by Gasteiger charge is 2.11. The summed E-state index contributed by atoms with van der Waals surface area (Å²) in [4.78, 5) is 2.40. The van der Waals surface area contributed by atoms with Crippen molar-refractivity contribution in [3.05, 3.63) is 28.8 Å². The smallest absolute Gasteiger partial charge is 0.122 e. The Labute approximate surface area is 122 Å². The predicted molar refractivity (Wildman–Crippen MR) is 82.8 cm³/mol. The van der Waals surface area contributed by atoms with E-state index < -0.39 is 0 Å². The van der Waals surface area contributed by atoms with Crippen LogP contribution in [-0.2, 0) is 4.74 Å². The second-order valence-electron chi connectivity index (χ2n) is 5.93. The summed E-state index contributed by atoms with van der Waals surface area (Å²) in [7, 11) is 0. The van der Waals surface area contributed by atoms with E-state index in [1.54, 1.807) is 0 Å². The second kappa shape index (κ2) is 7.09.